The molecule has 3 heteroatoms. The minimum absolute atomic E-state index is 0.0773. The third-order valence-electron chi connectivity index (χ3n) is 3.99. The van der Waals surface area contributed by atoms with Gasteiger partial charge in [-0.25, -0.2) is 0 Å². The molecule has 2 aromatic carbocycles. The number of rotatable bonds is 5. The summed E-state index contributed by atoms with van der Waals surface area (Å²) in [6.45, 7) is 0. The third-order valence-corrected chi connectivity index (χ3v) is 3.99. The summed E-state index contributed by atoms with van der Waals surface area (Å²) in [6, 6.07) is 19.1. The first-order valence-electron chi connectivity index (χ1n) is 7.41. The van der Waals surface area contributed by atoms with Crippen LogP contribution in [0.5, 0.6) is 0 Å². The molecule has 0 aromatic heterocycles. The Balaban J connectivity index is 1.73. The lowest BCUT2D eigenvalue weighted by atomic mass is 10.0. The van der Waals surface area contributed by atoms with Crippen LogP contribution in [0.3, 0.4) is 0 Å². The second-order valence-corrected chi connectivity index (χ2v) is 5.62. The number of benzene rings is 2. The van der Waals surface area contributed by atoms with Gasteiger partial charge in [-0.1, -0.05) is 60.7 Å². The minimum Gasteiger partial charge on any atom is -0.347 e. The summed E-state index contributed by atoms with van der Waals surface area (Å²) in [5.41, 5.74) is 8.08. The van der Waals surface area contributed by atoms with E-state index >= 15 is 0 Å². The van der Waals surface area contributed by atoms with Crippen molar-refractivity contribution in [2.45, 2.75) is 24.9 Å². The van der Waals surface area contributed by atoms with Gasteiger partial charge in [0.1, 0.15) is 6.04 Å². The van der Waals surface area contributed by atoms with Crippen molar-refractivity contribution in [3.05, 3.63) is 71.8 Å². The van der Waals surface area contributed by atoms with Crippen molar-refractivity contribution in [1.29, 1.82) is 0 Å². The van der Waals surface area contributed by atoms with Crippen molar-refractivity contribution in [3.8, 4) is 0 Å². The Bertz CT molecular complexity index is 593. The maximum atomic E-state index is 12.4. The smallest absolute Gasteiger partial charge is 0.242 e. The highest BCUT2D eigenvalue weighted by molar-refractivity contribution is 5.83. The molecule has 0 spiro atoms. The molecule has 2 aromatic rings. The molecule has 108 valence electrons. The van der Waals surface area contributed by atoms with Crippen LogP contribution in [0.1, 0.15) is 36.1 Å². The maximum Gasteiger partial charge on any atom is 0.242 e. The van der Waals surface area contributed by atoms with Crippen LogP contribution < -0.4 is 11.1 Å². The van der Waals surface area contributed by atoms with Crippen LogP contribution in [-0.4, -0.2) is 5.91 Å². The van der Waals surface area contributed by atoms with E-state index in [0.717, 1.165) is 11.1 Å². The average molecular weight is 280 g/mol. The van der Waals surface area contributed by atoms with Gasteiger partial charge in [-0.05, 0) is 29.9 Å². The number of carbonyl (C=O) groups excluding carboxylic acids is 1. The van der Waals surface area contributed by atoms with Crippen LogP contribution in [0.25, 0.3) is 0 Å². The Morgan fingerprint density at radius 2 is 1.48 bits per heavy atom. The van der Waals surface area contributed by atoms with Gasteiger partial charge in [0, 0.05) is 0 Å². The molecular formula is C18H20N2O. The lowest BCUT2D eigenvalue weighted by Crippen LogP contribution is -2.37. The van der Waals surface area contributed by atoms with Gasteiger partial charge >= 0.3 is 0 Å². The van der Waals surface area contributed by atoms with Crippen molar-refractivity contribution in [1.82, 2.24) is 5.32 Å². The van der Waals surface area contributed by atoms with Gasteiger partial charge in [0.05, 0.1) is 6.04 Å². The van der Waals surface area contributed by atoms with E-state index < -0.39 is 6.04 Å². The van der Waals surface area contributed by atoms with E-state index in [1.807, 2.05) is 48.5 Å². The SMILES string of the molecule is N[C@@H](C(=O)NC(c1ccccc1)C1CC1)c1ccccc1. The van der Waals surface area contributed by atoms with Gasteiger partial charge in [0.2, 0.25) is 5.91 Å². The summed E-state index contributed by atoms with van der Waals surface area (Å²) < 4.78 is 0. The molecule has 1 fully saturated rings. The van der Waals surface area contributed by atoms with Crippen LogP contribution in [0.15, 0.2) is 60.7 Å². The number of hydrogen-bond donors (Lipinski definition) is 2. The van der Waals surface area contributed by atoms with Gasteiger partial charge in [-0.2, -0.15) is 0 Å². The Morgan fingerprint density at radius 1 is 0.952 bits per heavy atom. The van der Waals surface area contributed by atoms with Gasteiger partial charge in [0.25, 0.3) is 0 Å². The van der Waals surface area contributed by atoms with Gasteiger partial charge in [-0.3, -0.25) is 4.79 Å². The molecule has 3 rings (SSSR count). The number of amides is 1. The fourth-order valence-corrected chi connectivity index (χ4v) is 2.62. The molecule has 2 atom stereocenters. The van der Waals surface area contributed by atoms with Gasteiger partial charge in [0.15, 0.2) is 0 Å². The number of nitrogens with two attached hydrogens (primary N) is 1. The van der Waals surface area contributed by atoms with Crippen molar-refractivity contribution in [2.24, 2.45) is 11.7 Å². The van der Waals surface area contributed by atoms with E-state index in [1.165, 1.54) is 12.8 Å². The molecule has 21 heavy (non-hydrogen) atoms. The predicted molar refractivity (Wildman–Crippen MR) is 83.4 cm³/mol. The summed E-state index contributed by atoms with van der Waals surface area (Å²) in [6.07, 6.45) is 2.33. The molecule has 1 amide bonds. The fourth-order valence-electron chi connectivity index (χ4n) is 2.62. The van der Waals surface area contributed by atoms with E-state index in [9.17, 15) is 4.79 Å². The Labute approximate surface area is 125 Å². The zero-order chi connectivity index (χ0) is 14.7. The molecule has 0 saturated heterocycles. The standard InChI is InChI=1S/C18H20N2O/c19-16(13-7-3-1-4-8-13)18(21)20-17(15-11-12-15)14-9-5-2-6-10-14/h1-10,15-17H,11-12,19H2,(H,20,21)/t16-,17?/m1/s1. The quantitative estimate of drug-likeness (QED) is 0.884. The Hall–Kier alpha value is -2.13. The Kier molecular flexibility index (Phi) is 4.02. The molecular weight excluding hydrogens is 260 g/mol. The molecule has 3 nitrogen and oxygen atoms in total. The average Bonchev–Trinajstić information content (AvgIpc) is 3.38. The van der Waals surface area contributed by atoms with Crippen LogP contribution in [0.2, 0.25) is 0 Å². The van der Waals surface area contributed by atoms with Crippen molar-refractivity contribution >= 4 is 5.91 Å². The van der Waals surface area contributed by atoms with Crippen LogP contribution in [0, 0.1) is 5.92 Å². The van der Waals surface area contributed by atoms with Gasteiger partial charge in [-0.15, -0.1) is 0 Å². The van der Waals surface area contributed by atoms with E-state index in [2.05, 4.69) is 17.4 Å². The zero-order valence-corrected chi connectivity index (χ0v) is 11.9. The topological polar surface area (TPSA) is 55.1 Å². The molecule has 1 unspecified atom stereocenters. The van der Waals surface area contributed by atoms with Crippen LogP contribution in [0.4, 0.5) is 0 Å². The summed E-state index contributed by atoms with van der Waals surface area (Å²) in [5, 5.41) is 3.13. The van der Waals surface area contributed by atoms with E-state index in [-0.39, 0.29) is 11.9 Å². The second kappa shape index (κ2) is 6.10. The first kappa shape index (κ1) is 13.8. The van der Waals surface area contributed by atoms with Crippen LogP contribution >= 0.6 is 0 Å². The fraction of sp³-hybridized carbons (Fsp3) is 0.278. The highest BCUT2D eigenvalue weighted by Crippen LogP contribution is 2.41. The highest BCUT2D eigenvalue weighted by Gasteiger charge is 2.34. The summed E-state index contributed by atoms with van der Waals surface area (Å²) in [7, 11) is 0. The Morgan fingerprint density at radius 3 is 2.00 bits per heavy atom. The highest BCUT2D eigenvalue weighted by atomic mass is 16.2. The van der Waals surface area contributed by atoms with Crippen molar-refractivity contribution in [3.63, 3.8) is 0 Å². The predicted octanol–water partition coefficient (Wildman–Crippen LogP) is 2.95. The van der Waals surface area contributed by atoms with Crippen molar-refractivity contribution in [2.75, 3.05) is 0 Å². The lowest BCUT2D eigenvalue weighted by Gasteiger charge is -2.21. The molecule has 1 aliphatic carbocycles. The molecule has 0 radical (unpaired) electrons. The van der Waals surface area contributed by atoms with E-state index in [0.29, 0.717) is 5.92 Å². The number of hydrogen-bond acceptors (Lipinski definition) is 2. The summed E-state index contributed by atoms with van der Waals surface area (Å²) in [4.78, 5) is 12.4. The molecule has 3 N–H and O–H groups in total. The molecule has 0 bridgehead atoms. The first-order valence-corrected chi connectivity index (χ1v) is 7.41. The van der Waals surface area contributed by atoms with Gasteiger partial charge < -0.3 is 11.1 Å². The van der Waals surface area contributed by atoms with Crippen LogP contribution in [-0.2, 0) is 4.79 Å². The summed E-state index contributed by atoms with van der Waals surface area (Å²) in [5.74, 6) is 0.432. The largest absolute Gasteiger partial charge is 0.347 e. The number of carbonyl (C=O) groups is 1. The van der Waals surface area contributed by atoms with E-state index in [4.69, 9.17) is 5.73 Å². The minimum atomic E-state index is -0.615. The first-order chi connectivity index (χ1) is 10.3. The van der Waals surface area contributed by atoms with E-state index in [1.54, 1.807) is 0 Å². The summed E-state index contributed by atoms with van der Waals surface area (Å²) >= 11 is 0. The third kappa shape index (κ3) is 3.31. The molecule has 0 heterocycles. The molecule has 1 saturated carbocycles. The zero-order valence-electron chi connectivity index (χ0n) is 11.9. The molecule has 1 aliphatic rings. The monoisotopic (exact) mass is 280 g/mol. The molecule has 0 aliphatic heterocycles. The normalized spacial score (nSPS) is 17.0. The second-order valence-electron chi connectivity index (χ2n) is 5.62. The lowest BCUT2D eigenvalue weighted by molar-refractivity contribution is -0.123. The maximum absolute atomic E-state index is 12.4. The van der Waals surface area contributed by atoms with Crippen molar-refractivity contribution < 1.29 is 4.79 Å². The number of nitrogens with one attached hydrogen (secondary N) is 1.